The lowest BCUT2D eigenvalue weighted by Gasteiger charge is -2.41. The Morgan fingerprint density at radius 2 is 2.11 bits per heavy atom. The highest BCUT2D eigenvalue weighted by Gasteiger charge is 2.43. The van der Waals surface area contributed by atoms with E-state index < -0.39 is 0 Å². The first-order valence-corrected chi connectivity index (χ1v) is 7.23. The van der Waals surface area contributed by atoms with E-state index in [1.54, 1.807) is 7.05 Å². The van der Waals surface area contributed by atoms with Crippen molar-refractivity contribution in [1.82, 2.24) is 20.4 Å². The van der Waals surface area contributed by atoms with E-state index in [0.29, 0.717) is 12.1 Å². The van der Waals surface area contributed by atoms with Crippen molar-refractivity contribution in [3.63, 3.8) is 0 Å². The SMILES string of the molecule is CNC(=O)C1CNCCN1C1CCN2CCCC12. The number of nitrogens with zero attached hydrogens (tertiary/aromatic N) is 2. The highest BCUT2D eigenvalue weighted by molar-refractivity contribution is 5.81. The summed E-state index contributed by atoms with van der Waals surface area (Å²) in [5, 5.41) is 6.16. The van der Waals surface area contributed by atoms with Gasteiger partial charge in [0, 0.05) is 45.3 Å². The van der Waals surface area contributed by atoms with Gasteiger partial charge >= 0.3 is 0 Å². The molecule has 5 nitrogen and oxygen atoms in total. The van der Waals surface area contributed by atoms with Crippen LogP contribution in [0.5, 0.6) is 0 Å². The molecule has 0 aromatic heterocycles. The van der Waals surface area contributed by atoms with Gasteiger partial charge in [-0.1, -0.05) is 0 Å². The van der Waals surface area contributed by atoms with Crippen LogP contribution in [-0.2, 0) is 4.79 Å². The molecule has 102 valence electrons. The molecule has 3 atom stereocenters. The minimum atomic E-state index is 0.0225. The van der Waals surface area contributed by atoms with Gasteiger partial charge in [0.1, 0.15) is 6.04 Å². The zero-order chi connectivity index (χ0) is 12.5. The van der Waals surface area contributed by atoms with Crippen molar-refractivity contribution >= 4 is 5.91 Å². The molecule has 0 aliphatic carbocycles. The zero-order valence-electron chi connectivity index (χ0n) is 11.2. The standard InChI is InChI=1S/C13H24N4O/c1-14-13(18)12-9-15-5-8-17(12)11-4-7-16-6-2-3-10(11)16/h10-12,15H,2-9H2,1H3,(H,14,18). The molecule has 0 aromatic rings. The first-order valence-electron chi connectivity index (χ1n) is 7.23. The van der Waals surface area contributed by atoms with Crippen LogP contribution in [0, 0.1) is 0 Å². The third-order valence-electron chi connectivity index (χ3n) is 4.83. The lowest BCUT2D eigenvalue weighted by atomic mass is 10.0. The Kier molecular flexibility index (Phi) is 3.54. The van der Waals surface area contributed by atoms with Crippen molar-refractivity contribution in [2.75, 3.05) is 39.8 Å². The second-order valence-electron chi connectivity index (χ2n) is 5.67. The van der Waals surface area contributed by atoms with Gasteiger partial charge < -0.3 is 10.6 Å². The van der Waals surface area contributed by atoms with Gasteiger partial charge in [-0.2, -0.15) is 0 Å². The molecule has 0 radical (unpaired) electrons. The van der Waals surface area contributed by atoms with E-state index in [1.807, 2.05) is 0 Å². The van der Waals surface area contributed by atoms with Crippen molar-refractivity contribution in [2.24, 2.45) is 0 Å². The maximum Gasteiger partial charge on any atom is 0.238 e. The van der Waals surface area contributed by atoms with E-state index in [0.717, 1.165) is 19.6 Å². The van der Waals surface area contributed by atoms with Crippen molar-refractivity contribution in [3.8, 4) is 0 Å². The number of fused-ring (bicyclic) bond motifs is 1. The molecular weight excluding hydrogens is 228 g/mol. The number of amides is 1. The van der Waals surface area contributed by atoms with Crippen LogP contribution in [-0.4, -0.2) is 73.6 Å². The lowest BCUT2D eigenvalue weighted by molar-refractivity contribution is -0.127. The molecule has 5 heteroatoms. The zero-order valence-corrected chi connectivity index (χ0v) is 11.2. The molecule has 0 saturated carbocycles. The molecule has 3 aliphatic heterocycles. The minimum absolute atomic E-state index is 0.0225. The van der Waals surface area contributed by atoms with Gasteiger partial charge in [0.05, 0.1) is 0 Å². The molecule has 3 saturated heterocycles. The summed E-state index contributed by atoms with van der Waals surface area (Å²) >= 11 is 0. The minimum Gasteiger partial charge on any atom is -0.358 e. The van der Waals surface area contributed by atoms with Gasteiger partial charge in [-0.25, -0.2) is 0 Å². The maximum atomic E-state index is 12.0. The average molecular weight is 252 g/mol. The Morgan fingerprint density at radius 3 is 2.94 bits per heavy atom. The number of carbonyl (C=O) groups excluding carboxylic acids is 1. The molecule has 0 aromatic carbocycles. The van der Waals surface area contributed by atoms with Crippen molar-refractivity contribution in [3.05, 3.63) is 0 Å². The third-order valence-corrected chi connectivity index (χ3v) is 4.83. The molecular formula is C13H24N4O. The molecule has 2 N–H and O–H groups in total. The van der Waals surface area contributed by atoms with Crippen LogP contribution in [0.4, 0.5) is 0 Å². The van der Waals surface area contributed by atoms with Crippen LogP contribution in [0.1, 0.15) is 19.3 Å². The van der Waals surface area contributed by atoms with Crippen LogP contribution in [0.2, 0.25) is 0 Å². The smallest absolute Gasteiger partial charge is 0.238 e. The van der Waals surface area contributed by atoms with Gasteiger partial charge in [0.15, 0.2) is 0 Å². The number of likely N-dealkylation sites (N-methyl/N-ethyl adjacent to an activating group) is 1. The second-order valence-corrected chi connectivity index (χ2v) is 5.67. The monoisotopic (exact) mass is 252 g/mol. The lowest BCUT2D eigenvalue weighted by Crippen LogP contribution is -2.62. The molecule has 3 rings (SSSR count). The Hall–Kier alpha value is -0.650. The largest absolute Gasteiger partial charge is 0.358 e. The topological polar surface area (TPSA) is 47.6 Å². The molecule has 3 unspecified atom stereocenters. The molecule has 3 heterocycles. The molecule has 18 heavy (non-hydrogen) atoms. The second kappa shape index (κ2) is 5.15. The van der Waals surface area contributed by atoms with Crippen LogP contribution < -0.4 is 10.6 Å². The normalized spacial score (nSPS) is 37.7. The Balaban J connectivity index is 1.74. The van der Waals surface area contributed by atoms with Crippen molar-refractivity contribution < 1.29 is 4.79 Å². The van der Waals surface area contributed by atoms with E-state index in [4.69, 9.17) is 0 Å². The van der Waals surface area contributed by atoms with E-state index in [-0.39, 0.29) is 11.9 Å². The van der Waals surface area contributed by atoms with E-state index in [9.17, 15) is 4.79 Å². The molecule has 0 bridgehead atoms. The van der Waals surface area contributed by atoms with Gasteiger partial charge in [0.25, 0.3) is 0 Å². The highest BCUT2D eigenvalue weighted by atomic mass is 16.2. The van der Waals surface area contributed by atoms with E-state index >= 15 is 0 Å². The molecule has 1 amide bonds. The number of rotatable bonds is 2. The summed E-state index contributed by atoms with van der Waals surface area (Å²) in [5.74, 6) is 0.165. The number of piperazine rings is 1. The summed E-state index contributed by atoms with van der Waals surface area (Å²) < 4.78 is 0. The van der Waals surface area contributed by atoms with Crippen LogP contribution in [0.15, 0.2) is 0 Å². The van der Waals surface area contributed by atoms with E-state index in [2.05, 4.69) is 20.4 Å². The van der Waals surface area contributed by atoms with Gasteiger partial charge in [-0.15, -0.1) is 0 Å². The van der Waals surface area contributed by atoms with Crippen molar-refractivity contribution in [1.29, 1.82) is 0 Å². The molecule has 3 aliphatic rings. The summed E-state index contributed by atoms with van der Waals surface area (Å²) in [4.78, 5) is 17.1. The Labute approximate surface area is 109 Å². The fourth-order valence-corrected chi connectivity index (χ4v) is 3.97. The summed E-state index contributed by atoms with van der Waals surface area (Å²) in [6, 6.07) is 1.32. The van der Waals surface area contributed by atoms with Crippen LogP contribution >= 0.6 is 0 Å². The predicted octanol–water partition coefficient (Wildman–Crippen LogP) is -0.757. The average Bonchev–Trinajstić information content (AvgIpc) is 3.00. The van der Waals surface area contributed by atoms with E-state index in [1.165, 1.54) is 32.4 Å². The number of hydrogen-bond donors (Lipinski definition) is 2. The number of hydrogen-bond acceptors (Lipinski definition) is 4. The Morgan fingerprint density at radius 1 is 1.22 bits per heavy atom. The summed E-state index contributed by atoms with van der Waals surface area (Å²) in [6.45, 7) is 5.30. The quantitative estimate of drug-likeness (QED) is 0.678. The summed E-state index contributed by atoms with van der Waals surface area (Å²) in [5.41, 5.74) is 0. The molecule has 0 spiro atoms. The first kappa shape index (κ1) is 12.4. The number of carbonyl (C=O) groups is 1. The van der Waals surface area contributed by atoms with Gasteiger partial charge in [0.2, 0.25) is 5.91 Å². The fourth-order valence-electron chi connectivity index (χ4n) is 3.97. The fraction of sp³-hybridized carbons (Fsp3) is 0.923. The van der Waals surface area contributed by atoms with Gasteiger partial charge in [-0.3, -0.25) is 14.6 Å². The Bertz CT molecular complexity index is 322. The summed E-state index contributed by atoms with van der Waals surface area (Å²) in [7, 11) is 1.74. The first-order chi connectivity index (χ1) is 8.81. The summed E-state index contributed by atoms with van der Waals surface area (Å²) in [6.07, 6.45) is 3.88. The third kappa shape index (κ3) is 2.04. The van der Waals surface area contributed by atoms with Crippen LogP contribution in [0.3, 0.4) is 0 Å². The van der Waals surface area contributed by atoms with Crippen molar-refractivity contribution in [2.45, 2.75) is 37.4 Å². The van der Waals surface area contributed by atoms with Gasteiger partial charge in [-0.05, 0) is 25.8 Å². The number of nitrogens with one attached hydrogen (secondary N) is 2. The molecule has 3 fully saturated rings. The predicted molar refractivity (Wildman–Crippen MR) is 70.4 cm³/mol. The maximum absolute atomic E-state index is 12.0. The van der Waals surface area contributed by atoms with Crippen LogP contribution in [0.25, 0.3) is 0 Å². The highest BCUT2D eigenvalue weighted by Crippen LogP contribution is 2.32.